The maximum absolute atomic E-state index is 12.5. The minimum atomic E-state index is -3.33. The molecule has 0 saturated heterocycles. The summed E-state index contributed by atoms with van der Waals surface area (Å²) >= 11 is 0. The van der Waals surface area contributed by atoms with E-state index in [2.05, 4.69) is 30.5 Å². The molecule has 174 valence electrons. The molecule has 7 heteroatoms. The van der Waals surface area contributed by atoms with Gasteiger partial charge in [-0.15, -0.1) is 0 Å². The number of pyridine rings is 1. The second-order valence-electron chi connectivity index (χ2n) is 9.09. The highest BCUT2D eigenvalue weighted by Crippen LogP contribution is 2.39. The first kappa shape index (κ1) is 24.3. The molecule has 0 aliphatic rings. The van der Waals surface area contributed by atoms with E-state index in [0.29, 0.717) is 11.3 Å². The summed E-state index contributed by atoms with van der Waals surface area (Å²) in [6.07, 6.45) is 4.76. The Morgan fingerprint density at radius 1 is 1.09 bits per heavy atom. The number of H-pyrrole nitrogens is 1. The molecule has 0 bridgehead atoms. The Morgan fingerprint density at radius 3 is 2.30 bits per heavy atom. The van der Waals surface area contributed by atoms with Crippen LogP contribution in [0.4, 0.5) is 5.69 Å². The Bertz CT molecular complexity index is 1350. The number of anilines is 1. The number of rotatable bonds is 6. The first-order valence-corrected chi connectivity index (χ1v) is 12.5. The van der Waals surface area contributed by atoms with Gasteiger partial charge in [0.1, 0.15) is 5.75 Å². The zero-order chi connectivity index (χ0) is 24.4. The van der Waals surface area contributed by atoms with Crippen molar-refractivity contribution >= 4 is 27.4 Å². The molecule has 2 N–H and O–H groups in total. The molecule has 6 nitrogen and oxygen atoms in total. The predicted octanol–water partition coefficient (Wildman–Crippen LogP) is 5.28. The third-order valence-electron chi connectivity index (χ3n) is 5.27. The molecule has 0 fully saturated rings. The molecule has 0 saturated carbocycles. The summed E-state index contributed by atoms with van der Waals surface area (Å²) in [5.41, 5.74) is 5.32. The van der Waals surface area contributed by atoms with Crippen molar-refractivity contribution in [1.29, 1.82) is 0 Å². The van der Waals surface area contributed by atoms with Crippen LogP contribution in [0.2, 0.25) is 0 Å². The van der Waals surface area contributed by atoms with E-state index in [9.17, 15) is 13.2 Å². The normalized spacial score (nSPS) is 12.5. The Morgan fingerprint density at radius 2 is 1.76 bits per heavy atom. The molecule has 33 heavy (non-hydrogen) atoms. The number of nitrogens with one attached hydrogen (secondary N) is 2. The molecule has 0 amide bonds. The quantitative estimate of drug-likeness (QED) is 0.484. The van der Waals surface area contributed by atoms with Crippen LogP contribution in [0.25, 0.3) is 22.8 Å². The van der Waals surface area contributed by atoms with E-state index in [4.69, 9.17) is 4.74 Å². The van der Waals surface area contributed by atoms with Crippen molar-refractivity contribution in [3.63, 3.8) is 0 Å². The van der Waals surface area contributed by atoms with Crippen molar-refractivity contribution in [2.45, 2.75) is 33.1 Å². The van der Waals surface area contributed by atoms with Crippen LogP contribution in [0.1, 0.15) is 44.4 Å². The first-order chi connectivity index (χ1) is 15.4. The van der Waals surface area contributed by atoms with E-state index in [-0.39, 0.29) is 11.0 Å². The number of allylic oxidation sites excluding steroid dienone is 1. The first-order valence-electron chi connectivity index (χ1n) is 10.6. The smallest absolute Gasteiger partial charge is 0.255 e. The van der Waals surface area contributed by atoms with E-state index in [1.165, 1.54) is 0 Å². The topological polar surface area (TPSA) is 88.3 Å². The summed E-state index contributed by atoms with van der Waals surface area (Å²) in [6.45, 7) is 8.31. The summed E-state index contributed by atoms with van der Waals surface area (Å²) < 4.78 is 31.2. The van der Waals surface area contributed by atoms with Gasteiger partial charge in [0, 0.05) is 28.6 Å². The molecule has 2 aromatic carbocycles. The van der Waals surface area contributed by atoms with Crippen LogP contribution >= 0.6 is 0 Å². The second kappa shape index (κ2) is 9.27. The molecule has 3 aromatic rings. The summed E-state index contributed by atoms with van der Waals surface area (Å²) in [7, 11) is -1.68. The van der Waals surface area contributed by atoms with Gasteiger partial charge in [0.2, 0.25) is 10.0 Å². The van der Waals surface area contributed by atoms with Gasteiger partial charge in [-0.25, -0.2) is 8.42 Å². The van der Waals surface area contributed by atoms with Crippen molar-refractivity contribution in [2.24, 2.45) is 0 Å². The molecule has 0 aliphatic carbocycles. The molecular formula is C26H30N2O4S. The predicted molar refractivity (Wildman–Crippen MR) is 136 cm³/mol. The fourth-order valence-corrected chi connectivity index (χ4v) is 4.24. The highest BCUT2D eigenvalue weighted by Gasteiger charge is 2.23. The summed E-state index contributed by atoms with van der Waals surface area (Å²) in [5, 5.41) is 0. The van der Waals surface area contributed by atoms with Crippen LogP contribution in [-0.2, 0) is 15.4 Å². The highest BCUT2D eigenvalue weighted by molar-refractivity contribution is 7.92. The minimum Gasteiger partial charge on any atom is -0.496 e. The van der Waals surface area contributed by atoms with Gasteiger partial charge in [-0.3, -0.25) is 9.52 Å². The van der Waals surface area contributed by atoms with Gasteiger partial charge < -0.3 is 9.72 Å². The largest absolute Gasteiger partial charge is 0.496 e. The monoisotopic (exact) mass is 466 g/mol. The maximum Gasteiger partial charge on any atom is 0.255 e. The van der Waals surface area contributed by atoms with Gasteiger partial charge in [-0.2, -0.15) is 0 Å². The number of hydrogen-bond acceptors (Lipinski definition) is 4. The number of ether oxygens (including phenoxy) is 1. The van der Waals surface area contributed by atoms with Gasteiger partial charge in [0.05, 0.1) is 13.4 Å². The van der Waals surface area contributed by atoms with Crippen LogP contribution < -0.4 is 15.0 Å². The fourth-order valence-electron chi connectivity index (χ4n) is 3.68. The SMILES string of the molecule is COc1c(C=C(C)c2ccc(NS(C)(=O)=O)cc2)cc(-c2ccc[nH]c2=O)cc1C(C)(C)C. The van der Waals surface area contributed by atoms with E-state index in [1.54, 1.807) is 31.5 Å². The molecule has 0 spiro atoms. The zero-order valence-corrected chi connectivity index (χ0v) is 20.6. The summed E-state index contributed by atoms with van der Waals surface area (Å²) in [5.74, 6) is 0.758. The van der Waals surface area contributed by atoms with Gasteiger partial charge in [0.25, 0.3) is 5.56 Å². The molecule has 1 heterocycles. The number of hydrogen-bond donors (Lipinski definition) is 2. The third-order valence-corrected chi connectivity index (χ3v) is 5.88. The Hall–Kier alpha value is -3.32. The number of aromatic amines is 1. The molecule has 0 atom stereocenters. The Kier molecular flexibility index (Phi) is 6.84. The molecular weight excluding hydrogens is 436 g/mol. The van der Waals surface area contributed by atoms with Crippen LogP contribution in [-0.4, -0.2) is 26.8 Å². The minimum absolute atomic E-state index is 0.150. The van der Waals surface area contributed by atoms with Gasteiger partial charge in [0.15, 0.2) is 0 Å². The van der Waals surface area contributed by atoms with Crippen LogP contribution in [0, 0.1) is 0 Å². The maximum atomic E-state index is 12.5. The lowest BCUT2D eigenvalue weighted by molar-refractivity contribution is 0.397. The summed E-state index contributed by atoms with van der Waals surface area (Å²) in [6, 6.07) is 14.8. The molecule has 0 unspecified atom stereocenters. The highest BCUT2D eigenvalue weighted by atomic mass is 32.2. The molecule has 0 aliphatic heterocycles. The second-order valence-corrected chi connectivity index (χ2v) is 10.8. The van der Waals surface area contributed by atoms with Crippen molar-refractivity contribution in [2.75, 3.05) is 18.1 Å². The molecule has 1 aromatic heterocycles. The van der Waals surface area contributed by atoms with E-state index in [0.717, 1.165) is 39.8 Å². The van der Waals surface area contributed by atoms with Gasteiger partial charge in [-0.1, -0.05) is 32.9 Å². The van der Waals surface area contributed by atoms with Crippen molar-refractivity contribution < 1.29 is 13.2 Å². The van der Waals surface area contributed by atoms with Crippen LogP contribution in [0.5, 0.6) is 5.75 Å². The van der Waals surface area contributed by atoms with Gasteiger partial charge >= 0.3 is 0 Å². The summed E-state index contributed by atoms with van der Waals surface area (Å²) in [4.78, 5) is 15.2. The Labute approximate surface area is 195 Å². The molecule has 3 rings (SSSR count). The lowest BCUT2D eigenvalue weighted by Crippen LogP contribution is -2.15. The average molecular weight is 467 g/mol. The zero-order valence-electron chi connectivity index (χ0n) is 19.8. The average Bonchev–Trinajstić information content (AvgIpc) is 2.72. The van der Waals surface area contributed by atoms with E-state index < -0.39 is 10.0 Å². The number of sulfonamides is 1. The van der Waals surface area contributed by atoms with E-state index >= 15 is 0 Å². The standard InChI is InChI=1S/C26H30N2O4S/c1-17(18-9-11-21(12-10-18)28-33(6,30)31)14-20-15-19(22-8-7-13-27-25(22)29)16-23(24(20)32-5)26(2,3)4/h7-16,28H,1-6H3,(H,27,29). The third kappa shape index (κ3) is 5.93. The van der Waals surface area contributed by atoms with Crippen LogP contribution in [0.15, 0.2) is 59.5 Å². The lowest BCUT2D eigenvalue weighted by atomic mass is 9.83. The number of methoxy groups -OCH3 is 1. The van der Waals surface area contributed by atoms with Gasteiger partial charge in [-0.05, 0) is 71.5 Å². The Balaban J connectivity index is 2.14. The van der Waals surface area contributed by atoms with Crippen molar-refractivity contribution in [3.8, 4) is 16.9 Å². The lowest BCUT2D eigenvalue weighted by Gasteiger charge is -2.25. The van der Waals surface area contributed by atoms with E-state index in [1.807, 2.05) is 43.3 Å². The fraction of sp³-hybridized carbons (Fsp3) is 0.269. The number of benzene rings is 2. The van der Waals surface area contributed by atoms with Crippen molar-refractivity contribution in [1.82, 2.24) is 4.98 Å². The van der Waals surface area contributed by atoms with Crippen LogP contribution in [0.3, 0.4) is 0 Å². The molecule has 0 radical (unpaired) electrons. The number of aromatic nitrogens is 1. The van der Waals surface area contributed by atoms with Crippen molar-refractivity contribution in [3.05, 3.63) is 81.8 Å².